The standard InChI is InChI=1S/C28H29N3O6/c1-35-22-10-5-9-21(17-22)26(33)30-14-12-28(13-15-30)31(27(34)20-7-3-2-4-8-20)24(19-37-28)25(32)29-18-23-11-6-16-36-23/h2-11,16-17,24H,12-15,18-19H2,1H3,(H,29,32). The van der Waals surface area contributed by atoms with Crippen molar-refractivity contribution in [2.45, 2.75) is 31.2 Å². The molecule has 37 heavy (non-hydrogen) atoms. The molecule has 3 amide bonds. The second-order valence-corrected chi connectivity index (χ2v) is 9.14. The summed E-state index contributed by atoms with van der Waals surface area (Å²) in [6, 6.07) is 18.6. The van der Waals surface area contributed by atoms with Crippen LogP contribution < -0.4 is 10.1 Å². The number of likely N-dealkylation sites (tertiary alicyclic amines) is 1. The van der Waals surface area contributed by atoms with E-state index in [-0.39, 0.29) is 30.9 Å². The number of furan rings is 1. The molecule has 1 unspecified atom stereocenters. The first-order valence-corrected chi connectivity index (χ1v) is 12.3. The highest BCUT2D eigenvalue weighted by Crippen LogP contribution is 2.39. The Kier molecular flexibility index (Phi) is 6.96. The first-order chi connectivity index (χ1) is 18.0. The first-order valence-electron chi connectivity index (χ1n) is 12.3. The monoisotopic (exact) mass is 503 g/mol. The quantitative estimate of drug-likeness (QED) is 0.555. The molecular weight excluding hydrogens is 474 g/mol. The zero-order valence-corrected chi connectivity index (χ0v) is 20.6. The third kappa shape index (κ3) is 4.95. The maximum atomic E-state index is 13.7. The van der Waals surface area contributed by atoms with Crippen LogP contribution in [-0.4, -0.2) is 66.1 Å². The lowest BCUT2D eigenvalue weighted by Crippen LogP contribution is -2.59. The van der Waals surface area contributed by atoms with E-state index in [1.54, 1.807) is 83.8 Å². The molecule has 2 fully saturated rings. The van der Waals surface area contributed by atoms with Crippen molar-refractivity contribution in [2.24, 2.45) is 0 Å². The summed E-state index contributed by atoms with van der Waals surface area (Å²) in [6.45, 7) is 1.06. The fourth-order valence-corrected chi connectivity index (χ4v) is 4.99. The van der Waals surface area contributed by atoms with Gasteiger partial charge < -0.3 is 24.1 Å². The Labute approximate surface area is 214 Å². The molecule has 2 saturated heterocycles. The number of amides is 3. The maximum Gasteiger partial charge on any atom is 0.256 e. The molecule has 1 aromatic heterocycles. The van der Waals surface area contributed by atoms with Crippen molar-refractivity contribution < 1.29 is 28.3 Å². The van der Waals surface area contributed by atoms with Gasteiger partial charge in [-0.2, -0.15) is 0 Å². The maximum absolute atomic E-state index is 13.7. The Hall–Kier alpha value is -4.11. The summed E-state index contributed by atoms with van der Waals surface area (Å²) in [5, 5.41) is 2.86. The van der Waals surface area contributed by atoms with Crippen molar-refractivity contribution in [3.05, 3.63) is 89.9 Å². The van der Waals surface area contributed by atoms with Crippen LogP contribution in [0.1, 0.15) is 39.3 Å². The van der Waals surface area contributed by atoms with Crippen LogP contribution in [0, 0.1) is 0 Å². The van der Waals surface area contributed by atoms with Crippen molar-refractivity contribution >= 4 is 17.7 Å². The minimum absolute atomic E-state index is 0.0758. The second kappa shape index (κ2) is 10.5. The molecule has 1 atom stereocenters. The SMILES string of the molecule is COc1cccc(C(=O)N2CCC3(CC2)OCC(C(=O)NCc2ccco2)N3C(=O)c2ccccc2)c1. The van der Waals surface area contributed by atoms with Gasteiger partial charge in [-0.1, -0.05) is 24.3 Å². The van der Waals surface area contributed by atoms with E-state index in [0.717, 1.165) is 0 Å². The van der Waals surface area contributed by atoms with Crippen LogP contribution >= 0.6 is 0 Å². The highest BCUT2D eigenvalue weighted by molar-refractivity contribution is 5.98. The van der Waals surface area contributed by atoms with Crippen LogP contribution in [0.25, 0.3) is 0 Å². The number of nitrogens with zero attached hydrogens (tertiary/aromatic N) is 2. The van der Waals surface area contributed by atoms with Gasteiger partial charge in [0.05, 0.1) is 26.5 Å². The molecule has 3 aromatic rings. The average molecular weight is 504 g/mol. The van der Waals surface area contributed by atoms with Gasteiger partial charge in [0.25, 0.3) is 11.8 Å². The largest absolute Gasteiger partial charge is 0.497 e. The number of piperidine rings is 1. The van der Waals surface area contributed by atoms with Gasteiger partial charge in [-0.25, -0.2) is 0 Å². The van der Waals surface area contributed by atoms with Crippen molar-refractivity contribution in [3.8, 4) is 5.75 Å². The molecule has 0 saturated carbocycles. The van der Waals surface area contributed by atoms with E-state index >= 15 is 0 Å². The smallest absolute Gasteiger partial charge is 0.256 e. The summed E-state index contributed by atoms with van der Waals surface area (Å²) in [4.78, 5) is 43.4. The predicted octanol–water partition coefficient (Wildman–Crippen LogP) is 3.08. The number of hydrogen-bond acceptors (Lipinski definition) is 6. The lowest BCUT2D eigenvalue weighted by atomic mass is 9.96. The van der Waals surface area contributed by atoms with Gasteiger partial charge >= 0.3 is 0 Å². The first kappa shape index (κ1) is 24.6. The van der Waals surface area contributed by atoms with Crippen molar-refractivity contribution in [2.75, 3.05) is 26.8 Å². The van der Waals surface area contributed by atoms with Crippen molar-refractivity contribution in [3.63, 3.8) is 0 Å². The molecule has 3 heterocycles. The molecule has 0 aliphatic carbocycles. The number of benzene rings is 2. The van der Waals surface area contributed by atoms with E-state index < -0.39 is 11.8 Å². The van der Waals surface area contributed by atoms with Crippen LogP contribution in [0.4, 0.5) is 0 Å². The lowest BCUT2D eigenvalue weighted by molar-refractivity contribution is -0.128. The highest BCUT2D eigenvalue weighted by atomic mass is 16.5. The van der Waals surface area contributed by atoms with Gasteiger partial charge in [0, 0.05) is 37.1 Å². The normalized spacial score (nSPS) is 18.6. The fraction of sp³-hybridized carbons (Fsp3) is 0.321. The zero-order chi connectivity index (χ0) is 25.8. The molecule has 5 rings (SSSR count). The molecule has 1 spiro atoms. The summed E-state index contributed by atoms with van der Waals surface area (Å²) in [5.41, 5.74) is 0.0336. The van der Waals surface area contributed by atoms with E-state index in [9.17, 15) is 14.4 Å². The highest BCUT2D eigenvalue weighted by Gasteiger charge is 2.54. The van der Waals surface area contributed by atoms with E-state index in [1.807, 2.05) is 6.07 Å². The molecule has 192 valence electrons. The molecule has 2 aromatic carbocycles. The summed E-state index contributed by atoms with van der Waals surface area (Å²) in [5.74, 6) is 0.533. The molecule has 2 aliphatic heterocycles. The van der Waals surface area contributed by atoms with E-state index in [1.165, 1.54) is 0 Å². The number of hydrogen-bond donors (Lipinski definition) is 1. The minimum Gasteiger partial charge on any atom is -0.497 e. The molecule has 2 aliphatic rings. The fourth-order valence-electron chi connectivity index (χ4n) is 4.99. The lowest BCUT2D eigenvalue weighted by Gasteiger charge is -2.44. The number of nitrogens with one attached hydrogen (secondary N) is 1. The van der Waals surface area contributed by atoms with Gasteiger partial charge in [-0.05, 0) is 42.5 Å². The molecule has 0 bridgehead atoms. The Morgan fingerprint density at radius 3 is 2.43 bits per heavy atom. The summed E-state index contributed by atoms with van der Waals surface area (Å²) in [6.07, 6.45) is 2.33. The molecule has 1 N–H and O–H groups in total. The van der Waals surface area contributed by atoms with Crippen LogP contribution in [0.3, 0.4) is 0 Å². The van der Waals surface area contributed by atoms with E-state index in [2.05, 4.69) is 5.32 Å². The Balaban J connectivity index is 1.35. The number of carbonyl (C=O) groups excluding carboxylic acids is 3. The second-order valence-electron chi connectivity index (χ2n) is 9.14. The average Bonchev–Trinajstić information content (AvgIpc) is 3.60. The van der Waals surface area contributed by atoms with Crippen LogP contribution in [0.15, 0.2) is 77.4 Å². The van der Waals surface area contributed by atoms with Gasteiger partial charge in [-0.15, -0.1) is 0 Å². The van der Waals surface area contributed by atoms with Crippen molar-refractivity contribution in [1.29, 1.82) is 0 Å². The van der Waals surface area contributed by atoms with Gasteiger partial charge in [0.2, 0.25) is 5.91 Å². The topological polar surface area (TPSA) is 101 Å². The minimum atomic E-state index is -0.981. The molecular formula is C28H29N3O6. The summed E-state index contributed by atoms with van der Waals surface area (Å²) < 4.78 is 16.8. The van der Waals surface area contributed by atoms with E-state index in [4.69, 9.17) is 13.9 Å². The van der Waals surface area contributed by atoms with E-state index in [0.29, 0.717) is 48.6 Å². The summed E-state index contributed by atoms with van der Waals surface area (Å²) >= 11 is 0. The van der Waals surface area contributed by atoms with Crippen LogP contribution in [0.5, 0.6) is 5.75 Å². The summed E-state index contributed by atoms with van der Waals surface area (Å²) in [7, 11) is 1.56. The zero-order valence-electron chi connectivity index (χ0n) is 20.6. The Bertz CT molecular complexity index is 1250. The number of rotatable bonds is 6. The Morgan fingerprint density at radius 2 is 1.73 bits per heavy atom. The van der Waals surface area contributed by atoms with Crippen molar-refractivity contribution in [1.82, 2.24) is 15.1 Å². The predicted molar refractivity (Wildman–Crippen MR) is 134 cm³/mol. The van der Waals surface area contributed by atoms with Crippen LogP contribution in [-0.2, 0) is 16.1 Å². The Morgan fingerprint density at radius 1 is 0.973 bits per heavy atom. The molecule has 9 nitrogen and oxygen atoms in total. The van der Waals surface area contributed by atoms with Crippen LogP contribution in [0.2, 0.25) is 0 Å². The molecule has 9 heteroatoms. The molecule has 0 radical (unpaired) electrons. The van der Waals surface area contributed by atoms with Gasteiger partial charge in [-0.3, -0.25) is 19.3 Å². The number of carbonyl (C=O) groups is 3. The third-order valence-electron chi connectivity index (χ3n) is 6.97. The van der Waals surface area contributed by atoms with Gasteiger partial charge in [0.1, 0.15) is 23.3 Å². The van der Waals surface area contributed by atoms with Gasteiger partial charge in [0.15, 0.2) is 0 Å². The number of methoxy groups -OCH3 is 1. The number of ether oxygens (including phenoxy) is 2. The third-order valence-corrected chi connectivity index (χ3v) is 6.97.